The molecule has 0 spiro atoms. The normalized spacial score (nSPS) is 13.5. The summed E-state index contributed by atoms with van der Waals surface area (Å²) in [5.74, 6) is 0. The van der Waals surface area contributed by atoms with Gasteiger partial charge < -0.3 is 0 Å². The highest BCUT2D eigenvalue weighted by Crippen LogP contribution is 2.28. The summed E-state index contributed by atoms with van der Waals surface area (Å²) in [5, 5.41) is 0. The smallest absolute Gasteiger partial charge is 0.0740 e. The first kappa shape index (κ1) is 10.3. The third-order valence-corrected chi connectivity index (χ3v) is 3.24. The van der Waals surface area contributed by atoms with Crippen LogP contribution in [0.15, 0.2) is 42.6 Å². The van der Waals surface area contributed by atoms with Crippen molar-refractivity contribution in [1.29, 1.82) is 0 Å². The van der Waals surface area contributed by atoms with Gasteiger partial charge in [-0.1, -0.05) is 35.9 Å². The Morgan fingerprint density at radius 3 is 3.00 bits per heavy atom. The number of allylic oxidation sites excluding steroid dienone is 1. The highest BCUT2D eigenvalue weighted by atomic mass is 14.7. The third kappa shape index (κ3) is 1.89. The zero-order valence-corrected chi connectivity index (χ0v) is 9.98. The molecule has 0 bridgehead atoms. The molecule has 17 heavy (non-hydrogen) atoms. The maximum Gasteiger partial charge on any atom is 0.0740 e. The molecule has 1 heterocycles. The summed E-state index contributed by atoms with van der Waals surface area (Å²) in [4.78, 5) is 4.57. The largest absolute Gasteiger partial charge is 0.256 e. The van der Waals surface area contributed by atoms with Gasteiger partial charge in [0, 0.05) is 11.8 Å². The topological polar surface area (TPSA) is 12.9 Å². The number of pyridine rings is 1. The first-order valence-electron chi connectivity index (χ1n) is 6.06. The highest BCUT2D eigenvalue weighted by molar-refractivity contribution is 5.70. The first-order valence-corrected chi connectivity index (χ1v) is 6.06. The number of aryl methyl sites for hydroxylation is 1. The van der Waals surface area contributed by atoms with Gasteiger partial charge in [0.05, 0.1) is 5.69 Å². The molecule has 3 rings (SSSR count). The van der Waals surface area contributed by atoms with Crippen molar-refractivity contribution < 1.29 is 0 Å². The average Bonchev–Trinajstić information content (AvgIpc) is 2.38. The summed E-state index contributed by atoms with van der Waals surface area (Å²) >= 11 is 0. The predicted molar refractivity (Wildman–Crippen MR) is 71.8 cm³/mol. The minimum absolute atomic E-state index is 1.10. The van der Waals surface area contributed by atoms with E-state index < -0.39 is 0 Å². The summed E-state index contributed by atoms with van der Waals surface area (Å²) in [6, 6.07) is 10.7. The van der Waals surface area contributed by atoms with E-state index in [1.807, 2.05) is 6.20 Å². The first-order chi connectivity index (χ1) is 8.34. The molecule has 1 aromatic heterocycles. The minimum atomic E-state index is 1.10. The van der Waals surface area contributed by atoms with Crippen molar-refractivity contribution in [2.24, 2.45) is 0 Å². The van der Waals surface area contributed by atoms with Crippen LogP contribution in [0.3, 0.4) is 0 Å². The van der Waals surface area contributed by atoms with Gasteiger partial charge in [-0.15, -0.1) is 0 Å². The van der Waals surface area contributed by atoms with Gasteiger partial charge in [-0.25, -0.2) is 0 Å². The van der Waals surface area contributed by atoms with Crippen molar-refractivity contribution >= 4 is 6.08 Å². The summed E-state index contributed by atoms with van der Waals surface area (Å²) in [6.45, 7) is 2.12. The van der Waals surface area contributed by atoms with Gasteiger partial charge >= 0.3 is 0 Å². The number of rotatable bonds is 1. The Morgan fingerprint density at radius 2 is 2.12 bits per heavy atom. The van der Waals surface area contributed by atoms with E-state index in [-0.39, 0.29) is 0 Å². The molecule has 0 unspecified atom stereocenters. The zero-order chi connectivity index (χ0) is 11.7. The second-order valence-corrected chi connectivity index (χ2v) is 4.54. The molecule has 1 aliphatic rings. The number of aromatic nitrogens is 1. The van der Waals surface area contributed by atoms with Gasteiger partial charge in [0.2, 0.25) is 0 Å². The van der Waals surface area contributed by atoms with E-state index in [1.54, 1.807) is 0 Å². The van der Waals surface area contributed by atoms with Crippen LogP contribution in [0.1, 0.15) is 23.1 Å². The third-order valence-electron chi connectivity index (χ3n) is 3.24. The average molecular weight is 221 g/mol. The predicted octanol–water partition coefficient (Wildman–Crippen LogP) is 4.02. The lowest BCUT2D eigenvalue weighted by Gasteiger charge is -2.14. The van der Waals surface area contributed by atoms with Crippen LogP contribution in [0.5, 0.6) is 0 Å². The van der Waals surface area contributed by atoms with E-state index in [2.05, 4.69) is 54.4 Å². The molecule has 0 N–H and O–H groups in total. The Labute approximate surface area is 102 Å². The van der Waals surface area contributed by atoms with E-state index in [4.69, 9.17) is 0 Å². The van der Waals surface area contributed by atoms with Crippen molar-refractivity contribution in [3.8, 4) is 11.3 Å². The Balaban J connectivity index is 2.18. The Morgan fingerprint density at radius 1 is 1.18 bits per heavy atom. The second kappa shape index (κ2) is 4.17. The van der Waals surface area contributed by atoms with E-state index in [0.717, 1.165) is 18.5 Å². The minimum Gasteiger partial charge on any atom is -0.256 e. The van der Waals surface area contributed by atoms with Crippen LogP contribution in [0.4, 0.5) is 0 Å². The standard InChI is InChI=1S/C16H15N/c1-12-5-4-7-14(11-12)16-15-8-3-2-6-13(15)9-10-17-16/h2,4-7,9-11H,3,8H2,1H3. The van der Waals surface area contributed by atoms with Crippen molar-refractivity contribution in [2.45, 2.75) is 19.8 Å². The molecule has 0 fully saturated rings. The van der Waals surface area contributed by atoms with Crippen molar-refractivity contribution in [2.75, 3.05) is 0 Å². The second-order valence-electron chi connectivity index (χ2n) is 4.54. The number of nitrogens with zero attached hydrogens (tertiary/aromatic N) is 1. The van der Waals surface area contributed by atoms with Gasteiger partial charge in [0.15, 0.2) is 0 Å². The summed E-state index contributed by atoms with van der Waals surface area (Å²) < 4.78 is 0. The highest BCUT2D eigenvalue weighted by Gasteiger charge is 2.11. The van der Waals surface area contributed by atoms with Crippen molar-refractivity contribution in [1.82, 2.24) is 4.98 Å². The fourth-order valence-electron chi connectivity index (χ4n) is 2.41. The van der Waals surface area contributed by atoms with Crippen LogP contribution in [0.2, 0.25) is 0 Å². The molecule has 0 amide bonds. The van der Waals surface area contributed by atoms with Gasteiger partial charge in [0.1, 0.15) is 0 Å². The van der Waals surface area contributed by atoms with Crippen LogP contribution in [-0.4, -0.2) is 4.98 Å². The lowest BCUT2D eigenvalue weighted by atomic mass is 9.93. The molecule has 2 aromatic rings. The van der Waals surface area contributed by atoms with Gasteiger partial charge in [-0.05, 0) is 43.0 Å². The van der Waals surface area contributed by atoms with Crippen LogP contribution < -0.4 is 0 Å². The van der Waals surface area contributed by atoms with Crippen LogP contribution in [-0.2, 0) is 6.42 Å². The fraction of sp³-hybridized carbons (Fsp3) is 0.188. The summed E-state index contributed by atoms with van der Waals surface area (Å²) in [5.41, 5.74) is 6.38. The number of hydrogen-bond acceptors (Lipinski definition) is 1. The lowest BCUT2D eigenvalue weighted by molar-refractivity contribution is 0.974. The van der Waals surface area contributed by atoms with Gasteiger partial charge in [-0.3, -0.25) is 4.98 Å². The molecule has 1 nitrogen and oxygen atoms in total. The maximum absolute atomic E-state index is 4.57. The molecule has 0 saturated carbocycles. The molecule has 1 aromatic carbocycles. The molecule has 0 atom stereocenters. The van der Waals surface area contributed by atoms with E-state index >= 15 is 0 Å². The number of fused-ring (bicyclic) bond motifs is 1. The van der Waals surface area contributed by atoms with Crippen LogP contribution in [0.25, 0.3) is 17.3 Å². The zero-order valence-electron chi connectivity index (χ0n) is 9.98. The van der Waals surface area contributed by atoms with Crippen LogP contribution >= 0.6 is 0 Å². The lowest BCUT2D eigenvalue weighted by Crippen LogP contribution is -1.99. The van der Waals surface area contributed by atoms with Crippen molar-refractivity contribution in [3.63, 3.8) is 0 Å². The summed E-state index contributed by atoms with van der Waals surface area (Å²) in [7, 11) is 0. The van der Waals surface area contributed by atoms with Gasteiger partial charge in [0.25, 0.3) is 0 Å². The Bertz CT molecular complexity index is 582. The Kier molecular flexibility index (Phi) is 2.52. The number of benzene rings is 1. The maximum atomic E-state index is 4.57. The molecule has 1 heteroatoms. The molecule has 0 saturated heterocycles. The summed E-state index contributed by atoms with van der Waals surface area (Å²) in [6.07, 6.45) is 8.58. The molecular weight excluding hydrogens is 206 g/mol. The Hall–Kier alpha value is -1.89. The van der Waals surface area contributed by atoms with E-state index in [0.29, 0.717) is 0 Å². The van der Waals surface area contributed by atoms with Crippen molar-refractivity contribution in [3.05, 3.63) is 59.3 Å². The molecule has 0 aliphatic heterocycles. The monoisotopic (exact) mass is 221 g/mol. The van der Waals surface area contributed by atoms with Crippen LogP contribution in [0, 0.1) is 6.92 Å². The molecule has 84 valence electrons. The van der Waals surface area contributed by atoms with E-state index in [1.165, 1.54) is 22.3 Å². The molecule has 1 aliphatic carbocycles. The van der Waals surface area contributed by atoms with Gasteiger partial charge in [-0.2, -0.15) is 0 Å². The SMILES string of the molecule is Cc1cccc(-c2nccc3c2CCC=C3)c1. The number of hydrogen-bond donors (Lipinski definition) is 0. The molecular formula is C16H15N. The van der Waals surface area contributed by atoms with E-state index in [9.17, 15) is 0 Å². The fourth-order valence-corrected chi connectivity index (χ4v) is 2.41. The molecule has 0 radical (unpaired) electrons. The quantitative estimate of drug-likeness (QED) is 0.708.